The van der Waals surface area contributed by atoms with Gasteiger partial charge >= 0.3 is 0 Å². The van der Waals surface area contributed by atoms with Crippen LogP contribution in [0.15, 0.2) is 12.3 Å². The number of aryl methyl sites for hydroxylation is 1. The van der Waals surface area contributed by atoms with Crippen molar-refractivity contribution in [3.8, 4) is 0 Å². The van der Waals surface area contributed by atoms with E-state index < -0.39 is 0 Å². The molecule has 1 aliphatic heterocycles. The minimum Gasteiger partial charge on any atom is -0.367 e. The van der Waals surface area contributed by atoms with E-state index in [-0.39, 0.29) is 51.1 Å². The smallest absolute Gasteiger partial charge is 0.236 e. The standard InChI is InChI=1S/C12H14N3O2.C2H6.Y/c1-9-3-4-11(13-7-9)15-6-5-14(10(2)16)8-12(15)17;1-2;/h4,7H,5-6,8H2,1-2H3;1-2H3;/q-1;;. The number of anilines is 1. The second-order valence-corrected chi connectivity index (χ2v) is 4.07. The van der Waals surface area contributed by atoms with Crippen LogP contribution in [-0.4, -0.2) is 41.3 Å². The molecule has 0 aliphatic carbocycles. The Labute approximate surface area is 145 Å². The zero-order valence-electron chi connectivity index (χ0n) is 12.5. The van der Waals surface area contributed by atoms with Crippen LogP contribution in [0.5, 0.6) is 0 Å². The predicted octanol–water partition coefficient (Wildman–Crippen LogP) is 1.41. The molecule has 1 saturated heterocycles. The molecule has 1 aromatic rings. The van der Waals surface area contributed by atoms with Crippen molar-refractivity contribution in [2.45, 2.75) is 27.7 Å². The number of rotatable bonds is 1. The van der Waals surface area contributed by atoms with E-state index in [9.17, 15) is 9.59 Å². The van der Waals surface area contributed by atoms with Crippen molar-refractivity contribution >= 4 is 17.6 Å². The first-order valence-corrected chi connectivity index (χ1v) is 6.48. The molecule has 0 saturated carbocycles. The molecule has 0 spiro atoms. The zero-order valence-corrected chi connectivity index (χ0v) is 15.3. The Morgan fingerprint density at radius 2 is 2.00 bits per heavy atom. The third-order valence-electron chi connectivity index (χ3n) is 2.76. The van der Waals surface area contributed by atoms with Gasteiger partial charge in [0.15, 0.2) is 0 Å². The summed E-state index contributed by atoms with van der Waals surface area (Å²) in [5.74, 6) is 0.432. The first-order valence-electron chi connectivity index (χ1n) is 6.48. The van der Waals surface area contributed by atoms with E-state index in [1.807, 2.05) is 20.8 Å². The molecule has 107 valence electrons. The number of carbonyl (C=O) groups is 2. The van der Waals surface area contributed by atoms with Gasteiger partial charge in [-0.25, -0.2) is 0 Å². The molecule has 0 aromatic carbocycles. The normalized spacial score (nSPS) is 14.1. The second-order valence-electron chi connectivity index (χ2n) is 4.07. The largest absolute Gasteiger partial charge is 0.367 e. The van der Waals surface area contributed by atoms with Gasteiger partial charge in [-0.3, -0.25) is 9.59 Å². The van der Waals surface area contributed by atoms with Crippen molar-refractivity contribution in [2.75, 3.05) is 24.5 Å². The van der Waals surface area contributed by atoms with Crippen LogP contribution in [0.3, 0.4) is 0 Å². The van der Waals surface area contributed by atoms with E-state index >= 15 is 0 Å². The molecule has 1 fully saturated rings. The average molecular weight is 351 g/mol. The van der Waals surface area contributed by atoms with E-state index in [0.717, 1.165) is 5.56 Å². The van der Waals surface area contributed by atoms with Crippen molar-refractivity contribution in [1.29, 1.82) is 0 Å². The number of amides is 2. The predicted molar refractivity (Wildman–Crippen MR) is 73.8 cm³/mol. The topological polar surface area (TPSA) is 53.5 Å². The summed E-state index contributed by atoms with van der Waals surface area (Å²) in [5, 5.41) is 0. The van der Waals surface area contributed by atoms with Gasteiger partial charge in [0, 0.05) is 58.5 Å². The van der Waals surface area contributed by atoms with Crippen molar-refractivity contribution in [2.24, 2.45) is 0 Å². The van der Waals surface area contributed by atoms with E-state index in [4.69, 9.17) is 0 Å². The molecular formula is C14H20N3O2Y-. The van der Waals surface area contributed by atoms with E-state index in [1.54, 1.807) is 17.2 Å². The molecule has 0 atom stereocenters. The third kappa shape index (κ3) is 4.95. The van der Waals surface area contributed by atoms with Gasteiger partial charge in [0.25, 0.3) is 0 Å². The summed E-state index contributed by atoms with van der Waals surface area (Å²) in [7, 11) is 0. The molecule has 0 N–H and O–H groups in total. The van der Waals surface area contributed by atoms with Crippen LogP contribution < -0.4 is 4.90 Å². The first kappa shape index (κ1) is 19.2. The number of nitrogens with zero attached hydrogens (tertiary/aromatic N) is 3. The minimum absolute atomic E-state index is 0. The maximum absolute atomic E-state index is 11.9. The monoisotopic (exact) mass is 351 g/mol. The van der Waals surface area contributed by atoms with Crippen molar-refractivity contribution < 1.29 is 42.3 Å². The second kappa shape index (κ2) is 9.19. The van der Waals surface area contributed by atoms with Gasteiger partial charge in [0.1, 0.15) is 0 Å². The molecule has 0 bridgehead atoms. The van der Waals surface area contributed by atoms with Crippen LogP contribution in [0.1, 0.15) is 26.3 Å². The number of hydrogen-bond donors (Lipinski definition) is 0. The summed E-state index contributed by atoms with van der Waals surface area (Å²) >= 11 is 0. The molecular weight excluding hydrogens is 331 g/mol. The summed E-state index contributed by atoms with van der Waals surface area (Å²) in [6.07, 6.45) is 1.68. The Bertz CT molecular complexity index is 448. The number of aromatic nitrogens is 1. The van der Waals surface area contributed by atoms with Gasteiger partial charge in [-0.15, -0.1) is 11.6 Å². The number of hydrogen-bond acceptors (Lipinski definition) is 3. The van der Waals surface area contributed by atoms with Gasteiger partial charge in [-0.2, -0.15) is 6.07 Å². The molecule has 20 heavy (non-hydrogen) atoms. The number of pyridine rings is 1. The third-order valence-corrected chi connectivity index (χ3v) is 2.76. The molecule has 2 heterocycles. The van der Waals surface area contributed by atoms with Gasteiger partial charge < -0.3 is 14.8 Å². The summed E-state index contributed by atoms with van der Waals surface area (Å²) in [6, 6.07) is 4.72. The minimum atomic E-state index is -0.101. The number of piperazine rings is 1. The number of carbonyl (C=O) groups excluding carboxylic acids is 2. The summed E-state index contributed by atoms with van der Waals surface area (Å²) in [6.45, 7) is 8.54. The fraction of sp³-hybridized carbons (Fsp3) is 0.500. The average Bonchev–Trinajstić information content (AvgIpc) is 2.42. The van der Waals surface area contributed by atoms with Crippen molar-refractivity contribution in [3.63, 3.8) is 0 Å². The SMILES string of the molecule is CC.CC(=O)N1CCN(c2c[c-]c(C)cn2)C(=O)C1.[Y]. The van der Waals surface area contributed by atoms with Gasteiger partial charge in [0.2, 0.25) is 11.8 Å². The van der Waals surface area contributed by atoms with Crippen LogP contribution in [0, 0.1) is 13.0 Å². The molecule has 1 aliphatic rings. The zero-order chi connectivity index (χ0) is 14.4. The van der Waals surface area contributed by atoms with Gasteiger partial charge in [0.05, 0.1) is 6.54 Å². The Balaban J connectivity index is 0.00000115. The Morgan fingerprint density at radius 3 is 2.45 bits per heavy atom. The molecule has 0 unspecified atom stereocenters. The van der Waals surface area contributed by atoms with E-state index in [1.165, 1.54) is 11.8 Å². The Kier molecular flexibility index (Phi) is 8.82. The fourth-order valence-corrected chi connectivity index (χ4v) is 1.75. The maximum atomic E-state index is 11.9. The van der Waals surface area contributed by atoms with Crippen LogP contribution in [-0.2, 0) is 42.3 Å². The summed E-state index contributed by atoms with van der Waals surface area (Å²) < 4.78 is 0. The van der Waals surface area contributed by atoms with Gasteiger partial charge in [-0.05, 0) is 0 Å². The molecule has 2 rings (SSSR count). The van der Waals surface area contributed by atoms with Gasteiger partial charge in [-0.1, -0.05) is 27.0 Å². The van der Waals surface area contributed by atoms with Crippen LogP contribution >= 0.6 is 0 Å². The van der Waals surface area contributed by atoms with E-state index in [0.29, 0.717) is 18.9 Å². The molecule has 1 aromatic heterocycles. The summed E-state index contributed by atoms with van der Waals surface area (Å²) in [4.78, 5) is 30.4. The van der Waals surface area contributed by atoms with Crippen molar-refractivity contribution in [1.82, 2.24) is 9.88 Å². The Morgan fingerprint density at radius 1 is 1.35 bits per heavy atom. The Hall–Kier alpha value is -0.806. The molecule has 6 heteroatoms. The van der Waals surface area contributed by atoms with Crippen molar-refractivity contribution in [3.05, 3.63) is 23.9 Å². The molecule has 5 nitrogen and oxygen atoms in total. The van der Waals surface area contributed by atoms with Crippen LogP contribution in [0.25, 0.3) is 0 Å². The molecule has 1 radical (unpaired) electrons. The quantitative estimate of drug-likeness (QED) is 0.719. The summed E-state index contributed by atoms with van der Waals surface area (Å²) in [5.41, 5.74) is 0.934. The molecule has 2 amide bonds. The van der Waals surface area contributed by atoms with Crippen LogP contribution in [0.2, 0.25) is 0 Å². The van der Waals surface area contributed by atoms with E-state index in [2.05, 4.69) is 11.1 Å². The van der Waals surface area contributed by atoms with Crippen LogP contribution in [0.4, 0.5) is 5.82 Å². The fourth-order valence-electron chi connectivity index (χ4n) is 1.75. The maximum Gasteiger partial charge on any atom is 0.236 e. The first-order chi connectivity index (χ1) is 9.08.